The lowest BCUT2D eigenvalue weighted by atomic mass is 10.0. The molecule has 0 saturated heterocycles. The molecule has 1 aromatic rings. The van der Waals surface area contributed by atoms with E-state index in [2.05, 4.69) is 43.1 Å². The Morgan fingerprint density at radius 2 is 1.78 bits per heavy atom. The molecule has 0 radical (unpaired) electrons. The summed E-state index contributed by atoms with van der Waals surface area (Å²) in [5, 5.41) is 3.10. The van der Waals surface area contributed by atoms with Crippen LogP contribution < -0.4 is 5.32 Å². The number of rotatable bonds is 7. The Morgan fingerprint density at radius 3 is 2.28 bits per heavy atom. The van der Waals surface area contributed by atoms with Crippen LogP contribution in [0.5, 0.6) is 0 Å². The Hall–Kier alpha value is -1.35. The molecule has 0 aliphatic rings. The van der Waals surface area contributed by atoms with Gasteiger partial charge in [0, 0.05) is 0 Å². The molecule has 0 aliphatic carbocycles. The molecule has 0 aliphatic heterocycles. The molecule has 3 heteroatoms. The lowest BCUT2D eigenvalue weighted by molar-refractivity contribution is -0.123. The summed E-state index contributed by atoms with van der Waals surface area (Å²) >= 11 is 0. The highest BCUT2D eigenvalue weighted by Crippen LogP contribution is 2.15. The molecular formula is C15H24N2O. The van der Waals surface area contributed by atoms with Crippen LogP contribution in [0.15, 0.2) is 30.3 Å². The Bertz CT molecular complexity index is 347. The number of carbonyl (C=O) groups excluding carboxylic acids is 1. The van der Waals surface area contributed by atoms with Crippen molar-refractivity contribution in [2.75, 3.05) is 19.6 Å². The number of nitrogens with zero attached hydrogens (tertiary/aromatic N) is 1. The summed E-state index contributed by atoms with van der Waals surface area (Å²) in [4.78, 5) is 14.1. The second-order valence-corrected chi connectivity index (χ2v) is 4.40. The van der Waals surface area contributed by atoms with Crippen molar-refractivity contribution in [2.45, 2.75) is 33.2 Å². The molecule has 1 amide bonds. The lowest BCUT2D eigenvalue weighted by Crippen LogP contribution is -2.38. The average molecular weight is 248 g/mol. The predicted molar refractivity (Wildman–Crippen MR) is 75.4 cm³/mol. The van der Waals surface area contributed by atoms with E-state index < -0.39 is 0 Å². The van der Waals surface area contributed by atoms with Gasteiger partial charge in [0.1, 0.15) is 0 Å². The van der Waals surface area contributed by atoms with Crippen LogP contribution in [-0.4, -0.2) is 30.4 Å². The molecule has 3 nitrogen and oxygen atoms in total. The van der Waals surface area contributed by atoms with Crippen molar-refractivity contribution in [3.8, 4) is 0 Å². The maximum atomic E-state index is 12.0. The number of benzene rings is 1. The molecule has 0 spiro atoms. The summed E-state index contributed by atoms with van der Waals surface area (Å²) < 4.78 is 0. The van der Waals surface area contributed by atoms with Crippen molar-refractivity contribution in [1.29, 1.82) is 0 Å². The van der Waals surface area contributed by atoms with Crippen LogP contribution in [0, 0.1) is 0 Å². The zero-order valence-electron chi connectivity index (χ0n) is 11.6. The summed E-state index contributed by atoms with van der Waals surface area (Å²) in [5.74, 6) is 0.106. The smallest absolute Gasteiger partial charge is 0.234 e. The number of hydrogen-bond acceptors (Lipinski definition) is 2. The zero-order valence-corrected chi connectivity index (χ0v) is 11.6. The van der Waals surface area contributed by atoms with Gasteiger partial charge in [0.05, 0.1) is 12.6 Å². The van der Waals surface area contributed by atoms with Gasteiger partial charge in [0.2, 0.25) is 5.91 Å². The maximum absolute atomic E-state index is 12.0. The van der Waals surface area contributed by atoms with Gasteiger partial charge in [0.25, 0.3) is 0 Å². The van der Waals surface area contributed by atoms with E-state index in [1.165, 1.54) is 5.56 Å². The Morgan fingerprint density at radius 1 is 1.17 bits per heavy atom. The van der Waals surface area contributed by atoms with Crippen molar-refractivity contribution < 1.29 is 4.79 Å². The van der Waals surface area contributed by atoms with Crippen molar-refractivity contribution >= 4 is 5.91 Å². The van der Waals surface area contributed by atoms with E-state index in [-0.39, 0.29) is 11.9 Å². The molecule has 0 bridgehead atoms. The Kier molecular flexibility index (Phi) is 6.44. The van der Waals surface area contributed by atoms with Crippen LogP contribution in [-0.2, 0) is 4.79 Å². The zero-order chi connectivity index (χ0) is 13.4. The van der Waals surface area contributed by atoms with Crippen LogP contribution in [0.4, 0.5) is 0 Å². The summed E-state index contributed by atoms with van der Waals surface area (Å²) in [7, 11) is 0. The van der Waals surface area contributed by atoms with E-state index in [0.717, 1.165) is 19.5 Å². The predicted octanol–water partition coefficient (Wildman–Crippen LogP) is 2.60. The minimum atomic E-state index is 0.106. The van der Waals surface area contributed by atoms with Gasteiger partial charge >= 0.3 is 0 Å². The first-order chi connectivity index (χ1) is 8.71. The number of amides is 1. The van der Waals surface area contributed by atoms with Crippen molar-refractivity contribution in [1.82, 2.24) is 10.2 Å². The lowest BCUT2D eigenvalue weighted by Gasteiger charge is -2.21. The van der Waals surface area contributed by atoms with Crippen LogP contribution in [0.1, 0.15) is 38.8 Å². The number of likely N-dealkylation sites (N-methyl/N-ethyl adjacent to an activating group) is 1. The molecular weight excluding hydrogens is 224 g/mol. The fraction of sp³-hybridized carbons (Fsp3) is 0.533. The molecule has 0 heterocycles. The van der Waals surface area contributed by atoms with Crippen LogP contribution in [0.3, 0.4) is 0 Å². The van der Waals surface area contributed by atoms with E-state index in [1.54, 1.807) is 0 Å². The minimum absolute atomic E-state index is 0.106. The van der Waals surface area contributed by atoms with Gasteiger partial charge in [-0.05, 0) is 25.1 Å². The first kappa shape index (κ1) is 14.7. The van der Waals surface area contributed by atoms with Crippen LogP contribution >= 0.6 is 0 Å². The minimum Gasteiger partial charge on any atom is -0.348 e. The summed E-state index contributed by atoms with van der Waals surface area (Å²) in [6.07, 6.45) is 0.911. The van der Waals surface area contributed by atoms with E-state index in [4.69, 9.17) is 0 Å². The monoisotopic (exact) mass is 248 g/mol. The summed E-state index contributed by atoms with van der Waals surface area (Å²) in [6.45, 7) is 8.54. The molecule has 0 aromatic heterocycles. The Balaban J connectivity index is 2.56. The molecule has 100 valence electrons. The molecule has 1 aromatic carbocycles. The highest BCUT2D eigenvalue weighted by atomic mass is 16.2. The van der Waals surface area contributed by atoms with Gasteiger partial charge in [-0.2, -0.15) is 0 Å². The number of nitrogens with one attached hydrogen (secondary N) is 1. The topological polar surface area (TPSA) is 32.3 Å². The largest absolute Gasteiger partial charge is 0.348 e. The highest BCUT2D eigenvalue weighted by molar-refractivity contribution is 5.78. The first-order valence-electron chi connectivity index (χ1n) is 6.77. The molecule has 0 saturated carbocycles. The SMILES string of the molecule is CCC(NC(=O)CN(CC)CC)c1ccccc1. The molecule has 0 fully saturated rings. The fourth-order valence-corrected chi connectivity index (χ4v) is 2.00. The first-order valence-corrected chi connectivity index (χ1v) is 6.77. The molecule has 18 heavy (non-hydrogen) atoms. The number of hydrogen-bond donors (Lipinski definition) is 1. The standard InChI is InChI=1S/C15H24N2O/c1-4-14(13-10-8-7-9-11-13)16-15(18)12-17(5-2)6-3/h7-11,14H,4-6,12H2,1-3H3,(H,16,18). The third-order valence-electron chi connectivity index (χ3n) is 3.21. The molecule has 1 N–H and O–H groups in total. The van der Waals surface area contributed by atoms with Gasteiger partial charge in [-0.25, -0.2) is 0 Å². The maximum Gasteiger partial charge on any atom is 0.234 e. The van der Waals surface area contributed by atoms with E-state index in [9.17, 15) is 4.79 Å². The second kappa shape index (κ2) is 7.88. The van der Waals surface area contributed by atoms with E-state index in [1.807, 2.05) is 18.2 Å². The van der Waals surface area contributed by atoms with Gasteiger partial charge in [-0.15, -0.1) is 0 Å². The average Bonchev–Trinajstić information content (AvgIpc) is 2.43. The molecule has 1 atom stereocenters. The summed E-state index contributed by atoms with van der Waals surface area (Å²) in [5.41, 5.74) is 1.17. The molecule has 1 unspecified atom stereocenters. The normalized spacial score (nSPS) is 12.4. The quantitative estimate of drug-likeness (QED) is 0.804. The third kappa shape index (κ3) is 4.49. The fourth-order valence-electron chi connectivity index (χ4n) is 2.00. The van der Waals surface area contributed by atoms with Gasteiger partial charge in [-0.1, -0.05) is 51.1 Å². The van der Waals surface area contributed by atoms with Crippen LogP contribution in [0.2, 0.25) is 0 Å². The highest BCUT2D eigenvalue weighted by Gasteiger charge is 2.13. The van der Waals surface area contributed by atoms with Crippen molar-refractivity contribution in [3.05, 3.63) is 35.9 Å². The Labute approximate surface area is 110 Å². The van der Waals surface area contributed by atoms with Gasteiger partial charge < -0.3 is 5.32 Å². The van der Waals surface area contributed by atoms with Gasteiger partial charge in [-0.3, -0.25) is 9.69 Å². The summed E-state index contributed by atoms with van der Waals surface area (Å²) in [6, 6.07) is 10.3. The van der Waals surface area contributed by atoms with Crippen LogP contribution in [0.25, 0.3) is 0 Å². The van der Waals surface area contributed by atoms with Gasteiger partial charge in [0.15, 0.2) is 0 Å². The van der Waals surface area contributed by atoms with Crippen molar-refractivity contribution in [2.24, 2.45) is 0 Å². The van der Waals surface area contributed by atoms with E-state index >= 15 is 0 Å². The van der Waals surface area contributed by atoms with E-state index in [0.29, 0.717) is 6.54 Å². The molecule has 1 rings (SSSR count). The number of carbonyl (C=O) groups is 1. The van der Waals surface area contributed by atoms with Crippen molar-refractivity contribution in [3.63, 3.8) is 0 Å². The third-order valence-corrected chi connectivity index (χ3v) is 3.21. The second-order valence-electron chi connectivity index (χ2n) is 4.40.